The van der Waals surface area contributed by atoms with Gasteiger partial charge in [0.15, 0.2) is 0 Å². The molecule has 0 aliphatic carbocycles. The predicted octanol–water partition coefficient (Wildman–Crippen LogP) is 3.00. The van der Waals surface area contributed by atoms with E-state index in [0.29, 0.717) is 17.7 Å². The number of ether oxygens (including phenoxy) is 1. The van der Waals surface area contributed by atoms with Crippen molar-refractivity contribution < 1.29 is 19.0 Å². The summed E-state index contributed by atoms with van der Waals surface area (Å²) in [6.45, 7) is 0. The van der Waals surface area contributed by atoms with Crippen LogP contribution in [-0.4, -0.2) is 29.2 Å². The monoisotopic (exact) mass is 340 g/mol. The molecule has 0 bridgehead atoms. The topological polar surface area (TPSA) is 74.3 Å². The average molecular weight is 340 g/mol. The highest BCUT2D eigenvalue weighted by Crippen LogP contribution is 2.38. The zero-order valence-electron chi connectivity index (χ0n) is 13.5. The number of H-pyrrole nitrogens is 1. The van der Waals surface area contributed by atoms with Gasteiger partial charge in [0, 0.05) is 28.6 Å². The highest BCUT2D eigenvalue weighted by atomic mass is 19.1. The first-order valence-corrected chi connectivity index (χ1v) is 8.00. The van der Waals surface area contributed by atoms with Crippen LogP contribution in [0.4, 0.5) is 4.39 Å². The van der Waals surface area contributed by atoms with Crippen molar-refractivity contribution in [1.82, 2.24) is 10.3 Å². The second-order valence-corrected chi connectivity index (χ2v) is 6.14. The van der Waals surface area contributed by atoms with Gasteiger partial charge in [-0.25, -0.2) is 4.39 Å². The SMILES string of the molecule is COc1ccc(F)cc1C1NC(C(=O)O)Cc2c1[nH]c1ccccc21. The molecule has 3 aromatic rings. The van der Waals surface area contributed by atoms with Crippen LogP contribution < -0.4 is 10.1 Å². The van der Waals surface area contributed by atoms with Gasteiger partial charge in [-0.15, -0.1) is 0 Å². The van der Waals surface area contributed by atoms with Gasteiger partial charge in [-0.3, -0.25) is 10.1 Å². The van der Waals surface area contributed by atoms with Crippen molar-refractivity contribution in [2.75, 3.05) is 7.11 Å². The molecule has 3 N–H and O–H groups in total. The van der Waals surface area contributed by atoms with Crippen molar-refractivity contribution in [3.8, 4) is 5.75 Å². The summed E-state index contributed by atoms with van der Waals surface area (Å²) < 4.78 is 19.2. The number of hydrogen-bond acceptors (Lipinski definition) is 3. The lowest BCUT2D eigenvalue weighted by atomic mass is 9.90. The van der Waals surface area contributed by atoms with Crippen molar-refractivity contribution in [3.63, 3.8) is 0 Å². The number of fused-ring (bicyclic) bond motifs is 3. The molecule has 128 valence electrons. The minimum atomic E-state index is -0.934. The Morgan fingerprint density at radius 2 is 2.08 bits per heavy atom. The Balaban J connectivity index is 1.94. The third kappa shape index (κ3) is 2.55. The van der Waals surface area contributed by atoms with Crippen LogP contribution in [0, 0.1) is 5.82 Å². The number of carbonyl (C=O) groups is 1. The maximum absolute atomic E-state index is 13.9. The lowest BCUT2D eigenvalue weighted by Gasteiger charge is -2.30. The Morgan fingerprint density at radius 3 is 2.84 bits per heavy atom. The van der Waals surface area contributed by atoms with E-state index in [-0.39, 0.29) is 0 Å². The number of carboxylic acid groups (broad SMARTS) is 1. The van der Waals surface area contributed by atoms with Crippen LogP contribution in [0.1, 0.15) is 22.9 Å². The number of hydrogen-bond donors (Lipinski definition) is 3. The van der Waals surface area contributed by atoms with Gasteiger partial charge in [-0.1, -0.05) is 18.2 Å². The van der Waals surface area contributed by atoms with E-state index in [1.165, 1.54) is 19.2 Å². The first-order valence-electron chi connectivity index (χ1n) is 8.00. The Hall–Kier alpha value is -2.86. The molecule has 25 heavy (non-hydrogen) atoms. The lowest BCUT2D eigenvalue weighted by Crippen LogP contribution is -2.45. The van der Waals surface area contributed by atoms with Gasteiger partial charge in [-0.2, -0.15) is 0 Å². The molecule has 0 amide bonds. The van der Waals surface area contributed by atoms with Gasteiger partial charge >= 0.3 is 5.97 Å². The van der Waals surface area contributed by atoms with E-state index in [4.69, 9.17) is 4.74 Å². The smallest absolute Gasteiger partial charge is 0.321 e. The Morgan fingerprint density at radius 1 is 1.28 bits per heavy atom. The van der Waals surface area contributed by atoms with Crippen molar-refractivity contribution in [2.24, 2.45) is 0 Å². The summed E-state index contributed by atoms with van der Waals surface area (Å²) in [5, 5.41) is 13.6. The van der Waals surface area contributed by atoms with Crippen molar-refractivity contribution in [3.05, 3.63) is 65.1 Å². The molecule has 1 aromatic heterocycles. The number of aromatic nitrogens is 1. The number of para-hydroxylation sites is 1. The quantitative estimate of drug-likeness (QED) is 0.685. The molecule has 2 unspecified atom stereocenters. The number of aliphatic carboxylic acids is 1. The lowest BCUT2D eigenvalue weighted by molar-refractivity contribution is -0.139. The molecule has 6 heteroatoms. The third-order valence-corrected chi connectivity index (χ3v) is 4.71. The zero-order valence-corrected chi connectivity index (χ0v) is 13.5. The molecule has 4 rings (SSSR count). The largest absolute Gasteiger partial charge is 0.496 e. The Bertz CT molecular complexity index is 966. The minimum absolute atomic E-state index is 0.364. The number of carboxylic acids is 1. The second kappa shape index (κ2) is 5.89. The van der Waals surface area contributed by atoms with Crippen LogP contribution in [0.5, 0.6) is 5.75 Å². The Labute approximate surface area is 143 Å². The molecule has 2 atom stereocenters. The van der Waals surface area contributed by atoms with Gasteiger partial charge in [0.05, 0.1) is 13.2 Å². The fourth-order valence-electron chi connectivity index (χ4n) is 3.57. The van der Waals surface area contributed by atoms with Crippen LogP contribution in [0.3, 0.4) is 0 Å². The predicted molar refractivity (Wildman–Crippen MR) is 91.4 cm³/mol. The van der Waals surface area contributed by atoms with Crippen LogP contribution in [0.25, 0.3) is 10.9 Å². The summed E-state index contributed by atoms with van der Waals surface area (Å²) in [6, 6.07) is 10.8. The van der Waals surface area contributed by atoms with Gasteiger partial charge < -0.3 is 14.8 Å². The highest BCUT2D eigenvalue weighted by Gasteiger charge is 2.35. The molecule has 0 fully saturated rings. The van der Waals surface area contributed by atoms with Gasteiger partial charge in [0.25, 0.3) is 0 Å². The zero-order chi connectivity index (χ0) is 17.6. The molecule has 2 heterocycles. The van der Waals surface area contributed by atoms with Crippen LogP contribution >= 0.6 is 0 Å². The number of nitrogens with one attached hydrogen (secondary N) is 2. The molecular formula is C19H17FN2O3. The summed E-state index contributed by atoms with van der Waals surface area (Å²) in [6.07, 6.45) is 0.364. The fraction of sp³-hybridized carbons (Fsp3) is 0.211. The number of benzene rings is 2. The average Bonchev–Trinajstić information content (AvgIpc) is 2.99. The van der Waals surface area contributed by atoms with E-state index >= 15 is 0 Å². The van der Waals surface area contributed by atoms with Gasteiger partial charge in [-0.05, 0) is 29.8 Å². The second-order valence-electron chi connectivity index (χ2n) is 6.14. The van der Waals surface area contributed by atoms with E-state index in [2.05, 4.69) is 10.3 Å². The molecular weight excluding hydrogens is 323 g/mol. The highest BCUT2D eigenvalue weighted by molar-refractivity contribution is 5.87. The number of methoxy groups -OCH3 is 1. The summed E-state index contributed by atoms with van der Waals surface area (Å²) in [7, 11) is 1.51. The summed E-state index contributed by atoms with van der Waals surface area (Å²) in [4.78, 5) is 15.0. The standard InChI is InChI=1S/C19H17FN2O3/c1-25-16-7-6-10(20)8-13(16)18-17-12(9-15(22-18)19(23)24)11-4-2-3-5-14(11)21-17/h2-8,15,18,21-22H,9H2,1H3,(H,23,24). The fourth-order valence-corrected chi connectivity index (χ4v) is 3.57. The van der Waals surface area contributed by atoms with E-state index in [0.717, 1.165) is 22.2 Å². The maximum Gasteiger partial charge on any atom is 0.321 e. The molecule has 0 saturated heterocycles. The molecule has 1 aliphatic heterocycles. The van der Waals surface area contributed by atoms with Crippen molar-refractivity contribution in [1.29, 1.82) is 0 Å². The molecule has 0 radical (unpaired) electrons. The van der Waals surface area contributed by atoms with Crippen LogP contribution in [0.2, 0.25) is 0 Å². The summed E-state index contributed by atoms with van der Waals surface area (Å²) in [5.41, 5.74) is 3.29. The van der Waals surface area contributed by atoms with Crippen LogP contribution in [-0.2, 0) is 11.2 Å². The van der Waals surface area contributed by atoms with Crippen LogP contribution in [0.15, 0.2) is 42.5 Å². The van der Waals surface area contributed by atoms with E-state index in [1.54, 1.807) is 6.07 Å². The van der Waals surface area contributed by atoms with Crippen molar-refractivity contribution >= 4 is 16.9 Å². The normalized spacial score (nSPS) is 19.6. The Kier molecular flexibility index (Phi) is 3.69. The maximum atomic E-state index is 13.9. The molecule has 2 aromatic carbocycles. The van der Waals surface area contributed by atoms with Crippen molar-refractivity contribution in [2.45, 2.75) is 18.5 Å². The molecule has 0 spiro atoms. The van der Waals surface area contributed by atoms with Gasteiger partial charge in [0.1, 0.15) is 17.6 Å². The summed E-state index contributed by atoms with van der Waals surface area (Å²) >= 11 is 0. The molecule has 5 nitrogen and oxygen atoms in total. The number of rotatable bonds is 3. The third-order valence-electron chi connectivity index (χ3n) is 4.71. The number of halogens is 1. The van der Waals surface area contributed by atoms with E-state index in [9.17, 15) is 14.3 Å². The first-order chi connectivity index (χ1) is 12.1. The first kappa shape index (κ1) is 15.7. The minimum Gasteiger partial charge on any atom is -0.496 e. The number of aromatic amines is 1. The van der Waals surface area contributed by atoms with E-state index in [1.807, 2.05) is 24.3 Å². The van der Waals surface area contributed by atoms with E-state index < -0.39 is 23.9 Å². The summed E-state index contributed by atoms with van der Waals surface area (Å²) in [5.74, 6) is -0.821. The molecule has 1 aliphatic rings. The molecule has 0 saturated carbocycles. The van der Waals surface area contributed by atoms with Gasteiger partial charge in [0.2, 0.25) is 0 Å².